The lowest BCUT2D eigenvalue weighted by atomic mass is 9.85. The van der Waals surface area contributed by atoms with Crippen LogP contribution in [0.3, 0.4) is 0 Å². The maximum absolute atomic E-state index is 12.9. The highest BCUT2D eigenvalue weighted by Gasteiger charge is 2.34. The van der Waals surface area contributed by atoms with Gasteiger partial charge in [-0.25, -0.2) is 4.39 Å². The molecule has 1 atom stereocenters. The van der Waals surface area contributed by atoms with E-state index in [-0.39, 0.29) is 18.4 Å². The molecule has 0 aliphatic rings. The second kappa shape index (κ2) is 7.63. The van der Waals surface area contributed by atoms with Crippen LogP contribution in [-0.4, -0.2) is 23.2 Å². The third-order valence-corrected chi connectivity index (χ3v) is 3.31. The van der Waals surface area contributed by atoms with Crippen LogP contribution in [0.15, 0.2) is 24.3 Å². The predicted molar refractivity (Wildman–Crippen MR) is 78.6 cm³/mol. The van der Waals surface area contributed by atoms with Gasteiger partial charge in [-0.05, 0) is 23.1 Å². The first-order chi connectivity index (χ1) is 10.9. The average Bonchev–Trinajstić information content (AvgIpc) is 2.34. The molecular weight excluding hydrogens is 330 g/mol. The van der Waals surface area contributed by atoms with Gasteiger partial charge in [-0.2, -0.15) is 13.2 Å². The van der Waals surface area contributed by atoms with Gasteiger partial charge in [-0.1, -0.05) is 26.0 Å². The van der Waals surface area contributed by atoms with E-state index < -0.39 is 41.7 Å². The molecule has 1 unspecified atom stereocenters. The fraction of sp³-hybridized carbons (Fsp3) is 0.500. The van der Waals surface area contributed by atoms with Crippen LogP contribution in [0.25, 0.3) is 0 Å². The van der Waals surface area contributed by atoms with Gasteiger partial charge in [0.15, 0.2) is 0 Å². The normalized spacial score (nSPS) is 13.4. The fourth-order valence-corrected chi connectivity index (χ4v) is 2.33. The zero-order valence-corrected chi connectivity index (χ0v) is 13.3. The van der Waals surface area contributed by atoms with Crippen molar-refractivity contribution in [3.8, 4) is 0 Å². The van der Waals surface area contributed by atoms with Gasteiger partial charge in [0.25, 0.3) is 0 Å². The fourth-order valence-electron chi connectivity index (χ4n) is 2.33. The minimum absolute atomic E-state index is 0.123. The van der Waals surface area contributed by atoms with Crippen molar-refractivity contribution >= 4 is 11.9 Å². The number of nitrogens with one attached hydrogen (secondary N) is 1. The van der Waals surface area contributed by atoms with E-state index >= 15 is 0 Å². The van der Waals surface area contributed by atoms with Crippen LogP contribution >= 0.6 is 0 Å². The Morgan fingerprint density at radius 2 is 1.67 bits per heavy atom. The minimum atomic E-state index is -4.52. The zero-order chi connectivity index (χ0) is 18.5. The van der Waals surface area contributed by atoms with Crippen molar-refractivity contribution in [1.29, 1.82) is 0 Å². The summed E-state index contributed by atoms with van der Waals surface area (Å²) in [6, 6.07) is 3.01. The van der Waals surface area contributed by atoms with Gasteiger partial charge < -0.3 is 10.4 Å². The monoisotopic (exact) mass is 349 g/mol. The molecule has 0 aromatic heterocycles. The van der Waals surface area contributed by atoms with E-state index in [1.54, 1.807) is 0 Å². The van der Waals surface area contributed by atoms with Crippen LogP contribution in [0.2, 0.25) is 0 Å². The molecule has 1 rings (SSSR count). The number of carboxylic acids is 1. The topological polar surface area (TPSA) is 66.4 Å². The van der Waals surface area contributed by atoms with Crippen molar-refractivity contribution in [2.24, 2.45) is 5.41 Å². The zero-order valence-electron chi connectivity index (χ0n) is 13.3. The summed E-state index contributed by atoms with van der Waals surface area (Å²) < 4.78 is 51.1. The van der Waals surface area contributed by atoms with E-state index in [1.807, 2.05) is 0 Å². The molecule has 0 fully saturated rings. The Morgan fingerprint density at radius 3 is 2.12 bits per heavy atom. The summed E-state index contributed by atoms with van der Waals surface area (Å²) in [6.07, 6.45) is -6.36. The van der Waals surface area contributed by atoms with Crippen LogP contribution in [0, 0.1) is 11.2 Å². The number of carbonyl (C=O) groups excluding carboxylic acids is 1. The van der Waals surface area contributed by atoms with E-state index in [9.17, 15) is 27.2 Å². The molecule has 0 spiro atoms. The second-order valence-electron chi connectivity index (χ2n) is 6.40. The van der Waals surface area contributed by atoms with E-state index in [4.69, 9.17) is 5.11 Å². The highest BCUT2D eigenvalue weighted by Crippen LogP contribution is 2.31. The van der Waals surface area contributed by atoms with Crippen molar-refractivity contribution in [2.45, 2.75) is 45.3 Å². The molecular formula is C16H19F4NO3. The molecule has 0 radical (unpaired) electrons. The molecule has 0 bridgehead atoms. The molecule has 0 saturated carbocycles. The van der Waals surface area contributed by atoms with Crippen molar-refractivity contribution in [3.05, 3.63) is 35.6 Å². The Bertz CT molecular complexity index is 582. The number of aliphatic carboxylic acids is 1. The van der Waals surface area contributed by atoms with Crippen LogP contribution in [-0.2, 0) is 9.59 Å². The number of hydrogen-bond donors (Lipinski definition) is 2. The van der Waals surface area contributed by atoms with E-state index in [0.717, 1.165) is 12.1 Å². The number of carbonyl (C=O) groups is 2. The molecule has 1 aromatic rings. The van der Waals surface area contributed by atoms with E-state index in [0.29, 0.717) is 0 Å². The van der Waals surface area contributed by atoms with Crippen LogP contribution < -0.4 is 5.32 Å². The van der Waals surface area contributed by atoms with Crippen LogP contribution in [0.1, 0.15) is 44.7 Å². The first-order valence-electron chi connectivity index (χ1n) is 7.21. The average molecular weight is 349 g/mol. The van der Waals surface area contributed by atoms with Crippen molar-refractivity contribution in [1.82, 2.24) is 5.32 Å². The highest BCUT2D eigenvalue weighted by molar-refractivity contribution is 5.78. The standard InChI is InChI=1S/C16H19F4NO3/c1-15(2,9-14(23)24)8-13(22)21-12(7-16(18,19)20)10-3-5-11(17)6-4-10/h3-6,12H,7-9H2,1-2H3,(H,21,22)(H,23,24). The summed E-state index contributed by atoms with van der Waals surface area (Å²) in [5.41, 5.74) is -0.778. The van der Waals surface area contributed by atoms with E-state index in [2.05, 4.69) is 5.32 Å². The molecule has 1 aromatic carbocycles. The second-order valence-corrected chi connectivity index (χ2v) is 6.40. The van der Waals surface area contributed by atoms with Crippen molar-refractivity contribution < 1.29 is 32.3 Å². The van der Waals surface area contributed by atoms with Gasteiger partial charge in [0.1, 0.15) is 5.82 Å². The Balaban J connectivity index is 2.86. The Morgan fingerprint density at radius 1 is 1.12 bits per heavy atom. The minimum Gasteiger partial charge on any atom is -0.481 e. The molecule has 8 heteroatoms. The number of halogens is 4. The summed E-state index contributed by atoms with van der Waals surface area (Å²) in [5, 5.41) is 11.0. The molecule has 0 aliphatic carbocycles. The lowest BCUT2D eigenvalue weighted by Gasteiger charge is -2.25. The van der Waals surface area contributed by atoms with Gasteiger partial charge in [0, 0.05) is 6.42 Å². The molecule has 0 heterocycles. The van der Waals surface area contributed by atoms with Crippen LogP contribution in [0.5, 0.6) is 0 Å². The SMILES string of the molecule is CC(C)(CC(=O)O)CC(=O)NC(CC(F)(F)F)c1ccc(F)cc1. The molecule has 0 aliphatic heterocycles. The molecule has 2 N–H and O–H groups in total. The number of benzene rings is 1. The Hall–Kier alpha value is -2.12. The first-order valence-corrected chi connectivity index (χ1v) is 7.21. The predicted octanol–water partition coefficient (Wildman–Crippen LogP) is 3.83. The number of carboxylic acid groups (broad SMARTS) is 1. The van der Waals surface area contributed by atoms with Gasteiger partial charge in [-0.3, -0.25) is 9.59 Å². The maximum Gasteiger partial charge on any atom is 0.391 e. The molecule has 0 saturated heterocycles. The van der Waals surface area contributed by atoms with E-state index in [1.165, 1.54) is 26.0 Å². The number of amides is 1. The van der Waals surface area contributed by atoms with Gasteiger partial charge in [-0.15, -0.1) is 0 Å². The molecule has 1 amide bonds. The quantitative estimate of drug-likeness (QED) is 0.736. The molecule has 24 heavy (non-hydrogen) atoms. The summed E-state index contributed by atoms with van der Waals surface area (Å²) in [6.45, 7) is 3.08. The molecule has 4 nitrogen and oxygen atoms in total. The summed E-state index contributed by atoms with van der Waals surface area (Å²) in [5.74, 6) is -2.39. The Kier molecular flexibility index (Phi) is 6.34. The number of rotatable bonds is 7. The lowest BCUT2D eigenvalue weighted by molar-refractivity contribution is -0.143. The highest BCUT2D eigenvalue weighted by atomic mass is 19.4. The van der Waals surface area contributed by atoms with Crippen molar-refractivity contribution in [3.63, 3.8) is 0 Å². The summed E-state index contributed by atoms with van der Waals surface area (Å²) in [7, 11) is 0. The first kappa shape index (κ1) is 19.9. The third-order valence-electron chi connectivity index (χ3n) is 3.31. The van der Waals surface area contributed by atoms with Gasteiger partial charge in [0.2, 0.25) is 5.91 Å². The smallest absolute Gasteiger partial charge is 0.391 e. The third kappa shape index (κ3) is 7.43. The Labute approximate surface area is 136 Å². The maximum atomic E-state index is 12.9. The van der Waals surface area contributed by atoms with Crippen LogP contribution in [0.4, 0.5) is 17.6 Å². The number of alkyl halides is 3. The summed E-state index contributed by atoms with van der Waals surface area (Å²) in [4.78, 5) is 22.8. The number of hydrogen-bond acceptors (Lipinski definition) is 2. The lowest BCUT2D eigenvalue weighted by Crippen LogP contribution is -2.35. The largest absolute Gasteiger partial charge is 0.481 e. The molecule has 134 valence electrons. The van der Waals surface area contributed by atoms with Gasteiger partial charge in [0.05, 0.1) is 18.9 Å². The van der Waals surface area contributed by atoms with Crippen molar-refractivity contribution in [2.75, 3.05) is 0 Å². The summed E-state index contributed by atoms with van der Waals surface area (Å²) >= 11 is 0. The van der Waals surface area contributed by atoms with Gasteiger partial charge >= 0.3 is 12.1 Å².